The maximum absolute atomic E-state index is 10.1. The van der Waals surface area contributed by atoms with Crippen molar-refractivity contribution in [1.82, 2.24) is 4.90 Å². The van der Waals surface area contributed by atoms with E-state index in [9.17, 15) is 5.02 Å². The topological polar surface area (TPSA) is 23.5 Å². The Hall–Kier alpha value is -0.995. The molecule has 0 aromatic heterocycles. The predicted molar refractivity (Wildman–Crippen MR) is 99.4 cm³/mol. The molecule has 23 heavy (non-hydrogen) atoms. The number of hydrogen-bond acceptors (Lipinski definition) is 2. The number of benzene rings is 2. The van der Waals surface area contributed by atoms with Gasteiger partial charge in [0, 0.05) is 10.0 Å². The highest BCUT2D eigenvalue weighted by Gasteiger charge is 2.36. The summed E-state index contributed by atoms with van der Waals surface area (Å²) in [4.78, 5) is 1.99. The fourth-order valence-electron chi connectivity index (χ4n) is 2.67. The van der Waals surface area contributed by atoms with Gasteiger partial charge in [0.15, 0.2) is 0 Å². The molecule has 0 spiro atoms. The lowest BCUT2D eigenvalue weighted by Crippen LogP contribution is -2.48. The molecule has 1 atom stereocenters. The van der Waals surface area contributed by atoms with E-state index >= 15 is 0 Å². The summed E-state index contributed by atoms with van der Waals surface area (Å²) < 4.78 is 0. The van der Waals surface area contributed by atoms with Crippen LogP contribution in [0.1, 0.15) is 22.3 Å². The van der Waals surface area contributed by atoms with Gasteiger partial charge in [0.1, 0.15) is 0 Å². The van der Waals surface area contributed by atoms with E-state index < -0.39 is 5.44 Å². The lowest BCUT2D eigenvalue weighted by molar-refractivity contribution is 0.226. The van der Waals surface area contributed by atoms with Crippen LogP contribution in [0.25, 0.3) is 0 Å². The minimum Gasteiger partial charge on any atom is -0.452 e. The SMILES string of the molecule is Cc1ccc(CC([B]O)(c2ccc(C)c(Cl)c2)N(C)C)cc1Cl. The molecule has 5 heteroatoms. The quantitative estimate of drug-likeness (QED) is 0.819. The van der Waals surface area contributed by atoms with Crippen LogP contribution in [0, 0.1) is 13.8 Å². The number of halogens is 2. The minimum absolute atomic E-state index is 0.593. The largest absolute Gasteiger partial charge is 0.452 e. The van der Waals surface area contributed by atoms with Crippen molar-refractivity contribution in [2.24, 2.45) is 0 Å². The highest BCUT2D eigenvalue weighted by molar-refractivity contribution is 6.33. The van der Waals surface area contributed by atoms with Gasteiger partial charge in [-0.1, -0.05) is 47.5 Å². The molecule has 1 N–H and O–H groups in total. The molecule has 0 bridgehead atoms. The normalized spacial score (nSPS) is 13.9. The zero-order chi connectivity index (χ0) is 17.2. The summed E-state index contributed by atoms with van der Waals surface area (Å²) >= 11 is 12.5. The van der Waals surface area contributed by atoms with Gasteiger partial charge in [-0.25, -0.2) is 0 Å². The van der Waals surface area contributed by atoms with Gasteiger partial charge in [0.25, 0.3) is 0 Å². The highest BCUT2D eigenvalue weighted by atomic mass is 35.5. The number of nitrogens with zero attached hydrogens (tertiary/aromatic N) is 1. The summed E-state index contributed by atoms with van der Waals surface area (Å²) in [6.07, 6.45) is 0.593. The standard InChI is InChI=1S/C18H21BCl2NO/c1-12-5-7-14(9-16(12)20)11-18(19-23,22(3)4)15-8-6-13(2)17(21)10-15/h5-10,23H,11H2,1-4H3. The monoisotopic (exact) mass is 348 g/mol. The molecule has 2 rings (SSSR count). The second kappa shape index (κ2) is 7.27. The molecule has 2 aromatic rings. The summed E-state index contributed by atoms with van der Waals surface area (Å²) in [7, 11) is 5.12. The van der Waals surface area contributed by atoms with Crippen molar-refractivity contribution < 1.29 is 5.02 Å². The molecule has 0 aliphatic heterocycles. The maximum Gasteiger partial charge on any atom is 0.314 e. The second-order valence-electron chi connectivity index (χ2n) is 6.17. The predicted octanol–water partition coefficient (Wildman–Crippen LogP) is 4.18. The Morgan fingerprint density at radius 3 is 2.04 bits per heavy atom. The van der Waals surface area contributed by atoms with Crippen molar-refractivity contribution in [3.8, 4) is 0 Å². The molecule has 0 saturated carbocycles. The van der Waals surface area contributed by atoms with Crippen molar-refractivity contribution in [2.45, 2.75) is 25.7 Å². The van der Waals surface area contributed by atoms with E-state index in [4.69, 9.17) is 23.2 Å². The van der Waals surface area contributed by atoms with E-state index in [1.54, 1.807) is 0 Å². The molecule has 0 aliphatic rings. The van der Waals surface area contributed by atoms with Crippen LogP contribution < -0.4 is 0 Å². The van der Waals surface area contributed by atoms with E-state index in [2.05, 4.69) is 0 Å². The fourth-order valence-corrected chi connectivity index (χ4v) is 3.06. The highest BCUT2D eigenvalue weighted by Crippen LogP contribution is 2.33. The van der Waals surface area contributed by atoms with Gasteiger partial charge in [-0.2, -0.15) is 0 Å². The number of aryl methyl sites for hydroxylation is 2. The van der Waals surface area contributed by atoms with E-state index in [1.807, 2.05) is 69.2 Å². The van der Waals surface area contributed by atoms with Crippen molar-refractivity contribution in [1.29, 1.82) is 0 Å². The first kappa shape index (κ1) is 18.3. The number of hydrogen-bond donors (Lipinski definition) is 1. The van der Waals surface area contributed by atoms with Crippen LogP contribution in [0.4, 0.5) is 0 Å². The van der Waals surface area contributed by atoms with Gasteiger partial charge < -0.3 is 9.92 Å². The molecule has 2 nitrogen and oxygen atoms in total. The molecule has 1 radical (unpaired) electrons. The van der Waals surface area contributed by atoms with Gasteiger partial charge in [0.05, 0.1) is 5.44 Å². The van der Waals surface area contributed by atoms with Crippen LogP contribution in [0.2, 0.25) is 10.0 Å². The van der Waals surface area contributed by atoms with E-state index in [1.165, 1.54) is 7.48 Å². The first-order valence-electron chi connectivity index (χ1n) is 7.48. The summed E-state index contributed by atoms with van der Waals surface area (Å²) in [5.74, 6) is 0. The van der Waals surface area contributed by atoms with Gasteiger partial charge in [-0.05, 0) is 68.8 Å². The van der Waals surface area contributed by atoms with Crippen molar-refractivity contribution in [3.63, 3.8) is 0 Å². The first-order valence-corrected chi connectivity index (χ1v) is 8.23. The molecule has 0 aliphatic carbocycles. The van der Waals surface area contributed by atoms with Crippen LogP contribution in [-0.2, 0) is 11.9 Å². The smallest absolute Gasteiger partial charge is 0.314 e. The summed E-state index contributed by atoms with van der Waals surface area (Å²) in [6.45, 7) is 3.94. The summed E-state index contributed by atoms with van der Waals surface area (Å²) in [5.41, 5.74) is 3.38. The Labute approximate surface area is 149 Å². The van der Waals surface area contributed by atoms with Crippen LogP contribution in [0.3, 0.4) is 0 Å². The summed E-state index contributed by atoms with van der Waals surface area (Å²) in [5, 5.41) is 11.5. The van der Waals surface area contributed by atoms with Gasteiger partial charge >= 0.3 is 7.48 Å². The van der Waals surface area contributed by atoms with E-state index in [0.29, 0.717) is 11.4 Å². The van der Waals surface area contributed by atoms with Crippen molar-refractivity contribution in [2.75, 3.05) is 14.1 Å². The maximum atomic E-state index is 10.1. The third kappa shape index (κ3) is 3.75. The van der Waals surface area contributed by atoms with Gasteiger partial charge in [-0.3, -0.25) is 0 Å². The fraction of sp³-hybridized carbons (Fsp3) is 0.333. The number of rotatable bonds is 5. The number of likely N-dealkylation sites (N-methyl/N-ethyl adjacent to an activating group) is 1. The third-order valence-corrected chi connectivity index (χ3v) is 5.21. The Bertz CT molecular complexity index is 705. The average molecular weight is 349 g/mol. The van der Waals surface area contributed by atoms with Crippen molar-refractivity contribution in [3.05, 3.63) is 68.7 Å². The Morgan fingerprint density at radius 2 is 1.57 bits per heavy atom. The molecule has 121 valence electrons. The molecular weight excluding hydrogens is 328 g/mol. The van der Waals surface area contributed by atoms with Crippen LogP contribution >= 0.6 is 23.2 Å². The Balaban J connectivity index is 2.50. The molecular formula is C18H21BCl2NO. The lowest BCUT2D eigenvalue weighted by Gasteiger charge is -2.39. The van der Waals surface area contributed by atoms with Crippen LogP contribution in [-0.4, -0.2) is 31.5 Å². The van der Waals surface area contributed by atoms with Crippen LogP contribution in [0.15, 0.2) is 36.4 Å². The molecule has 2 aromatic carbocycles. The molecule has 1 unspecified atom stereocenters. The molecule has 0 amide bonds. The van der Waals surface area contributed by atoms with Gasteiger partial charge in [0.2, 0.25) is 0 Å². The van der Waals surface area contributed by atoms with Gasteiger partial charge in [-0.15, -0.1) is 0 Å². The van der Waals surface area contributed by atoms with Crippen molar-refractivity contribution >= 4 is 30.7 Å². The zero-order valence-electron chi connectivity index (χ0n) is 13.9. The molecule has 0 heterocycles. The minimum atomic E-state index is -0.671. The summed E-state index contributed by atoms with van der Waals surface area (Å²) in [6, 6.07) is 11.9. The van der Waals surface area contributed by atoms with E-state index in [-0.39, 0.29) is 0 Å². The van der Waals surface area contributed by atoms with Crippen LogP contribution in [0.5, 0.6) is 0 Å². The second-order valence-corrected chi connectivity index (χ2v) is 6.99. The average Bonchev–Trinajstić information content (AvgIpc) is 2.51. The third-order valence-electron chi connectivity index (χ3n) is 4.39. The lowest BCUT2D eigenvalue weighted by atomic mass is 9.62. The molecule has 0 saturated heterocycles. The first-order chi connectivity index (χ1) is 10.8. The zero-order valence-corrected chi connectivity index (χ0v) is 15.4. The Morgan fingerprint density at radius 1 is 1.00 bits per heavy atom. The van der Waals surface area contributed by atoms with E-state index in [0.717, 1.165) is 27.3 Å². The molecule has 0 fully saturated rings. The Kier molecular flexibility index (Phi) is 5.80.